The molecule has 0 aromatic heterocycles. The highest BCUT2D eigenvalue weighted by Gasteiger charge is 2.32. The van der Waals surface area contributed by atoms with Crippen molar-refractivity contribution in [3.63, 3.8) is 0 Å². The molecule has 5 nitrogen and oxygen atoms in total. The smallest absolute Gasteiger partial charge is 0.308 e. The highest BCUT2D eigenvalue weighted by molar-refractivity contribution is 5.97. The predicted octanol–water partition coefficient (Wildman–Crippen LogP) is 1.80. The second kappa shape index (κ2) is 6.56. The van der Waals surface area contributed by atoms with Crippen LogP contribution in [0.4, 0.5) is 4.39 Å². The van der Waals surface area contributed by atoms with E-state index in [0.29, 0.717) is 13.0 Å². The number of benzene rings is 1. The Morgan fingerprint density at radius 1 is 1.45 bits per heavy atom. The number of likely N-dealkylation sites (tertiary alicyclic amines) is 1. The van der Waals surface area contributed by atoms with Crippen LogP contribution in [0.25, 0.3) is 0 Å². The summed E-state index contributed by atoms with van der Waals surface area (Å²) in [5.74, 6) is -2.12. The lowest BCUT2D eigenvalue weighted by Crippen LogP contribution is -2.30. The van der Waals surface area contributed by atoms with E-state index >= 15 is 0 Å². The Bertz CT molecular complexity index is 523. The number of carbonyl (C=O) groups excluding carboxylic acids is 1. The molecule has 1 aliphatic rings. The number of methoxy groups -OCH3 is 1. The maximum atomic E-state index is 13.2. The van der Waals surface area contributed by atoms with Crippen molar-refractivity contribution in [2.75, 3.05) is 20.2 Å². The van der Waals surface area contributed by atoms with E-state index in [1.54, 1.807) is 0 Å². The Labute approximate surface area is 121 Å². The summed E-state index contributed by atoms with van der Waals surface area (Å²) in [6, 6.07) is 3.70. The molecule has 20 heavy (non-hydrogen) atoms. The zero-order valence-corrected chi connectivity index (χ0v) is 11.7. The van der Waals surface area contributed by atoms with Gasteiger partial charge in [0.1, 0.15) is 11.6 Å². The molecule has 1 aromatic carbocycles. The van der Waals surface area contributed by atoms with Crippen LogP contribution in [0.3, 0.4) is 0 Å². The van der Waals surface area contributed by atoms with Crippen LogP contribution in [0.2, 0.25) is 0 Å². The highest BCUT2D eigenvalue weighted by Crippen LogP contribution is 2.24. The van der Waals surface area contributed by atoms with E-state index in [9.17, 15) is 14.0 Å². The monoisotopic (exact) mass is 303 g/mol. The standard InChI is InChI=1S/C13H14FNO4.ClH/c1-19-11-3-2-9(14)6-10(11)12(16)15-5-4-8(7-15)13(17)18;/h2-3,6,8H,4-5,7H2,1H3,(H,17,18);1H. The summed E-state index contributed by atoms with van der Waals surface area (Å²) in [4.78, 5) is 24.5. The van der Waals surface area contributed by atoms with Crippen LogP contribution >= 0.6 is 12.4 Å². The van der Waals surface area contributed by atoms with Crippen molar-refractivity contribution < 1.29 is 23.8 Å². The third-order valence-corrected chi connectivity index (χ3v) is 3.22. The Hall–Kier alpha value is -1.82. The van der Waals surface area contributed by atoms with Crippen molar-refractivity contribution in [3.05, 3.63) is 29.6 Å². The zero-order chi connectivity index (χ0) is 14.0. The molecule has 7 heteroatoms. The number of carbonyl (C=O) groups is 2. The topological polar surface area (TPSA) is 66.8 Å². The fourth-order valence-corrected chi connectivity index (χ4v) is 2.16. The number of amides is 1. The molecule has 1 heterocycles. The van der Waals surface area contributed by atoms with Crippen molar-refractivity contribution in [2.24, 2.45) is 5.92 Å². The van der Waals surface area contributed by atoms with Crippen LogP contribution in [0.15, 0.2) is 18.2 Å². The van der Waals surface area contributed by atoms with Crippen LogP contribution < -0.4 is 4.74 Å². The molecule has 0 radical (unpaired) electrons. The van der Waals surface area contributed by atoms with Gasteiger partial charge in [-0.25, -0.2) is 4.39 Å². The molecule has 110 valence electrons. The van der Waals surface area contributed by atoms with E-state index in [1.807, 2.05) is 0 Å². The number of halogens is 2. The Morgan fingerprint density at radius 2 is 2.15 bits per heavy atom. The van der Waals surface area contributed by atoms with Crippen molar-refractivity contribution in [1.29, 1.82) is 0 Å². The molecule has 1 aliphatic heterocycles. The van der Waals surface area contributed by atoms with Gasteiger partial charge in [-0.05, 0) is 24.6 Å². The summed E-state index contributed by atoms with van der Waals surface area (Å²) in [6.07, 6.45) is 0.415. The lowest BCUT2D eigenvalue weighted by Gasteiger charge is -2.17. The molecule has 1 atom stereocenters. The average Bonchev–Trinajstić information content (AvgIpc) is 2.87. The fourth-order valence-electron chi connectivity index (χ4n) is 2.16. The number of nitrogens with zero attached hydrogens (tertiary/aromatic N) is 1. The molecule has 1 amide bonds. The molecule has 1 unspecified atom stereocenters. The molecular weight excluding hydrogens is 289 g/mol. The Kier molecular flexibility index (Phi) is 5.33. The second-order valence-corrected chi connectivity index (χ2v) is 4.42. The van der Waals surface area contributed by atoms with Gasteiger partial charge in [0.2, 0.25) is 0 Å². The molecule has 1 fully saturated rings. The molecule has 0 bridgehead atoms. The summed E-state index contributed by atoms with van der Waals surface area (Å²) in [6.45, 7) is 0.503. The van der Waals surface area contributed by atoms with E-state index in [1.165, 1.54) is 24.1 Å². The first-order valence-electron chi connectivity index (χ1n) is 5.88. The molecule has 1 aromatic rings. The minimum atomic E-state index is -0.915. The number of rotatable bonds is 3. The van der Waals surface area contributed by atoms with Crippen LogP contribution in [0.5, 0.6) is 5.75 Å². The van der Waals surface area contributed by atoms with Gasteiger partial charge in [0.25, 0.3) is 5.91 Å². The molecule has 1 saturated heterocycles. The lowest BCUT2D eigenvalue weighted by atomic mass is 10.1. The third-order valence-electron chi connectivity index (χ3n) is 3.22. The number of hydrogen-bond acceptors (Lipinski definition) is 3. The van der Waals surface area contributed by atoms with Crippen molar-refractivity contribution in [1.82, 2.24) is 4.90 Å². The minimum absolute atomic E-state index is 0. The quantitative estimate of drug-likeness (QED) is 0.924. The third kappa shape index (κ3) is 3.19. The van der Waals surface area contributed by atoms with Gasteiger partial charge in [0.05, 0.1) is 18.6 Å². The second-order valence-electron chi connectivity index (χ2n) is 4.42. The average molecular weight is 304 g/mol. The van der Waals surface area contributed by atoms with Gasteiger partial charge >= 0.3 is 5.97 Å². The van der Waals surface area contributed by atoms with E-state index in [-0.39, 0.29) is 30.3 Å². The van der Waals surface area contributed by atoms with Gasteiger partial charge < -0.3 is 14.7 Å². The maximum absolute atomic E-state index is 13.2. The van der Waals surface area contributed by atoms with Gasteiger partial charge in [-0.3, -0.25) is 9.59 Å². The fraction of sp³-hybridized carbons (Fsp3) is 0.385. The van der Waals surface area contributed by atoms with E-state index < -0.39 is 23.6 Å². The summed E-state index contributed by atoms with van der Waals surface area (Å²) in [7, 11) is 1.40. The van der Waals surface area contributed by atoms with Crippen LogP contribution in [-0.2, 0) is 4.79 Å². The van der Waals surface area contributed by atoms with Crippen molar-refractivity contribution in [3.8, 4) is 5.75 Å². The largest absolute Gasteiger partial charge is 0.496 e. The minimum Gasteiger partial charge on any atom is -0.496 e. The van der Waals surface area contributed by atoms with E-state index in [4.69, 9.17) is 9.84 Å². The first kappa shape index (κ1) is 16.2. The number of carboxylic acid groups (broad SMARTS) is 1. The molecule has 2 rings (SSSR count). The SMILES string of the molecule is COc1ccc(F)cc1C(=O)N1CCC(C(=O)O)C1.Cl. The molecule has 0 aliphatic carbocycles. The van der Waals surface area contributed by atoms with Gasteiger partial charge in [-0.15, -0.1) is 12.4 Å². The Balaban J connectivity index is 0.00000200. The summed E-state index contributed by atoms with van der Waals surface area (Å²) >= 11 is 0. The van der Waals surface area contributed by atoms with Gasteiger partial charge in [0.15, 0.2) is 0 Å². The van der Waals surface area contributed by atoms with Crippen LogP contribution in [-0.4, -0.2) is 42.1 Å². The maximum Gasteiger partial charge on any atom is 0.308 e. The molecular formula is C13H15ClFNO4. The van der Waals surface area contributed by atoms with Crippen molar-refractivity contribution in [2.45, 2.75) is 6.42 Å². The van der Waals surface area contributed by atoms with Gasteiger partial charge in [-0.2, -0.15) is 0 Å². The molecule has 0 spiro atoms. The number of aliphatic carboxylic acids is 1. The first-order valence-corrected chi connectivity index (χ1v) is 5.88. The van der Waals surface area contributed by atoms with E-state index in [0.717, 1.165) is 6.07 Å². The highest BCUT2D eigenvalue weighted by atomic mass is 35.5. The first-order chi connectivity index (χ1) is 9.02. The number of carboxylic acids is 1. The van der Waals surface area contributed by atoms with E-state index in [2.05, 4.69) is 0 Å². The van der Waals surface area contributed by atoms with Crippen LogP contribution in [0, 0.1) is 11.7 Å². The Morgan fingerprint density at radius 3 is 2.70 bits per heavy atom. The summed E-state index contributed by atoms with van der Waals surface area (Å²) < 4.78 is 18.2. The van der Waals surface area contributed by atoms with Gasteiger partial charge in [-0.1, -0.05) is 0 Å². The number of ether oxygens (including phenoxy) is 1. The number of hydrogen-bond donors (Lipinski definition) is 1. The summed E-state index contributed by atoms with van der Waals surface area (Å²) in [5, 5.41) is 8.91. The predicted molar refractivity (Wildman–Crippen MR) is 71.8 cm³/mol. The summed E-state index contributed by atoms with van der Waals surface area (Å²) in [5.41, 5.74) is 0.119. The molecule has 1 N–H and O–H groups in total. The molecule has 0 saturated carbocycles. The van der Waals surface area contributed by atoms with Gasteiger partial charge in [0, 0.05) is 13.1 Å². The van der Waals surface area contributed by atoms with Crippen molar-refractivity contribution >= 4 is 24.3 Å². The lowest BCUT2D eigenvalue weighted by molar-refractivity contribution is -0.141. The van der Waals surface area contributed by atoms with Crippen LogP contribution in [0.1, 0.15) is 16.8 Å². The zero-order valence-electron chi connectivity index (χ0n) is 10.8. The normalized spacial score (nSPS) is 17.5.